The van der Waals surface area contributed by atoms with Crippen molar-refractivity contribution in [2.24, 2.45) is 0 Å². The molecule has 2 rings (SSSR count). The molecule has 0 aromatic carbocycles. The lowest BCUT2D eigenvalue weighted by Crippen LogP contribution is -2.28. The number of aromatic carboxylic acids is 1. The van der Waals surface area contributed by atoms with Crippen molar-refractivity contribution in [3.05, 3.63) is 18.0 Å². The topological polar surface area (TPSA) is 66.3 Å². The van der Waals surface area contributed by atoms with Crippen LogP contribution in [-0.2, 0) is 0 Å². The van der Waals surface area contributed by atoms with Gasteiger partial charge in [-0.05, 0) is 18.9 Å². The van der Waals surface area contributed by atoms with Crippen molar-refractivity contribution in [2.45, 2.75) is 18.9 Å². The fraction of sp³-hybridized carbons (Fsp3) is 0.364. The Balaban J connectivity index is 2.27. The largest absolute Gasteiger partial charge is 0.477 e. The molecule has 1 aliphatic carbocycles. The van der Waals surface area contributed by atoms with Crippen LogP contribution in [0.2, 0.25) is 0 Å². The highest BCUT2D eigenvalue weighted by Gasteiger charge is 2.30. The quantitative estimate of drug-likeness (QED) is 0.755. The highest BCUT2D eigenvalue weighted by Crippen LogP contribution is 2.29. The standard InChI is InChI=1S/C11H11N3O2/c1-2-7-14(8-3-4-8)11-12-6-5-9(13-11)10(15)16/h1,5-6,8H,3-4,7H2,(H,15,16). The van der Waals surface area contributed by atoms with Crippen LogP contribution in [0.15, 0.2) is 12.3 Å². The molecule has 1 fully saturated rings. The van der Waals surface area contributed by atoms with E-state index in [1.807, 2.05) is 4.90 Å². The third-order valence-electron chi connectivity index (χ3n) is 2.37. The van der Waals surface area contributed by atoms with Gasteiger partial charge < -0.3 is 10.0 Å². The number of rotatable bonds is 4. The molecular weight excluding hydrogens is 206 g/mol. The van der Waals surface area contributed by atoms with Crippen LogP contribution >= 0.6 is 0 Å². The molecule has 16 heavy (non-hydrogen) atoms. The minimum absolute atomic E-state index is 0.00679. The van der Waals surface area contributed by atoms with E-state index in [2.05, 4.69) is 15.9 Å². The predicted molar refractivity (Wildman–Crippen MR) is 58.2 cm³/mol. The Kier molecular flexibility index (Phi) is 2.73. The van der Waals surface area contributed by atoms with Crippen molar-refractivity contribution in [1.29, 1.82) is 0 Å². The zero-order chi connectivity index (χ0) is 11.5. The van der Waals surface area contributed by atoms with Crippen molar-refractivity contribution in [2.75, 3.05) is 11.4 Å². The molecule has 0 aliphatic heterocycles. The van der Waals surface area contributed by atoms with E-state index in [0.29, 0.717) is 18.5 Å². The van der Waals surface area contributed by atoms with E-state index in [0.717, 1.165) is 12.8 Å². The van der Waals surface area contributed by atoms with E-state index in [4.69, 9.17) is 11.5 Å². The lowest BCUT2D eigenvalue weighted by Gasteiger charge is -2.19. The summed E-state index contributed by atoms with van der Waals surface area (Å²) >= 11 is 0. The van der Waals surface area contributed by atoms with Crippen LogP contribution in [0.1, 0.15) is 23.3 Å². The summed E-state index contributed by atoms with van der Waals surface area (Å²) < 4.78 is 0. The summed E-state index contributed by atoms with van der Waals surface area (Å²) in [7, 11) is 0. The average molecular weight is 217 g/mol. The minimum Gasteiger partial charge on any atom is -0.477 e. The van der Waals surface area contributed by atoms with Crippen LogP contribution < -0.4 is 4.90 Å². The molecule has 0 amide bonds. The van der Waals surface area contributed by atoms with Gasteiger partial charge in [-0.3, -0.25) is 0 Å². The van der Waals surface area contributed by atoms with Gasteiger partial charge in [-0.15, -0.1) is 6.42 Å². The first-order valence-electron chi connectivity index (χ1n) is 4.99. The number of anilines is 1. The van der Waals surface area contributed by atoms with Crippen molar-refractivity contribution < 1.29 is 9.90 Å². The molecule has 82 valence electrons. The fourth-order valence-electron chi connectivity index (χ4n) is 1.45. The maximum absolute atomic E-state index is 10.8. The van der Waals surface area contributed by atoms with Crippen LogP contribution in [0, 0.1) is 12.3 Å². The summed E-state index contributed by atoms with van der Waals surface area (Å²) in [5.74, 6) is 1.88. The zero-order valence-electron chi connectivity index (χ0n) is 8.63. The van der Waals surface area contributed by atoms with Gasteiger partial charge in [-0.1, -0.05) is 5.92 Å². The van der Waals surface area contributed by atoms with Gasteiger partial charge in [0, 0.05) is 12.2 Å². The smallest absolute Gasteiger partial charge is 0.354 e. The van der Waals surface area contributed by atoms with Crippen LogP contribution in [-0.4, -0.2) is 33.6 Å². The second-order valence-corrected chi connectivity index (χ2v) is 3.61. The molecule has 0 bridgehead atoms. The van der Waals surface area contributed by atoms with Gasteiger partial charge >= 0.3 is 5.97 Å². The van der Waals surface area contributed by atoms with Gasteiger partial charge in [0.25, 0.3) is 0 Å². The van der Waals surface area contributed by atoms with Crippen molar-refractivity contribution >= 4 is 11.9 Å². The molecule has 1 saturated carbocycles. The molecule has 0 radical (unpaired) electrons. The third kappa shape index (κ3) is 2.11. The first kappa shape index (κ1) is 10.4. The average Bonchev–Trinajstić information content (AvgIpc) is 3.10. The van der Waals surface area contributed by atoms with Crippen molar-refractivity contribution in [3.63, 3.8) is 0 Å². The normalized spacial score (nSPS) is 14.2. The second kappa shape index (κ2) is 4.19. The predicted octanol–water partition coefficient (Wildman–Crippen LogP) is 0.777. The van der Waals surface area contributed by atoms with E-state index >= 15 is 0 Å². The van der Waals surface area contributed by atoms with Crippen molar-refractivity contribution in [1.82, 2.24) is 9.97 Å². The molecule has 0 atom stereocenters. The highest BCUT2D eigenvalue weighted by atomic mass is 16.4. The molecule has 1 aromatic heterocycles. The van der Waals surface area contributed by atoms with Gasteiger partial charge in [-0.2, -0.15) is 0 Å². The van der Waals surface area contributed by atoms with Crippen LogP contribution in [0.4, 0.5) is 5.95 Å². The molecular formula is C11H11N3O2. The zero-order valence-corrected chi connectivity index (χ0v) is 8.63. The number of hydrogen-bond donors (Lipinski definition) is 1. The molecule has 1 heterocycles. The molecule has 5 heteroatoms. The molecule has 0 spiro atoms. The van der Waals surface area contributed by atoms with E-state index in [-0.39, 0.29) is 5.69 Å². The number of hydrogen-bond acceptors (Lipinski definition) is 4. The number of terminal acetylenes is 1. The molecule has 1 N–H and O–H groups in total. The summed E-state index contributed by atoms with van der Waals surface area (Å²) in [4.78, 5) is 20.7. The van der Waals surface area contributed by atoms with E-state index in [1.165, 1.54) is 12.3 Å². The SMILES string of the molecule is C#CCN(c1nccc(C(=O)O)n1)C1CC1. The first-order chi connectivity index (χ1) is 7.72. The Morgan fingerprint density at radius 3 is 3.00 bits per heavy atom. The van der Waals surface area contributed by atoms with E-state index < -0.39 is 5.97 Å². The summed E-state index contributed by atoms with van der Waals surface area (Å²) in [6.45, 7) is 0.410. The minimum atomic E-state index is -1.06. The van der Waals surface area contributed by atoms with E-state index in [9.17, 15) is 4.79 Å². The van der Waals surface area contributed by atoms with Crippen LogP contribution in [0.25, 0.3) is 0 Å². The Hall–Kier alpha value is -2.09. The molecule has 0 unspecified atom stereocenters. The van der Waals surface area contributed by atoms with E-state index in [1.54, 1.807) is 0 Å². The Morgan fingerprint density at radius 2 is 2.44 bits per heavy atom. The molecule has 1 aromatic rings. The number of nitrogens with zero attached hydrogens (tertiary/aromatic N) is 3. The summed E-state index contributed by atoms with van der Waals surface area (Å²) in [5, 5.41) is 8.83. The number of carboxylic acids is 1. The number of carbonyl (C=O) groups is 1. The van der Waals surface area contributed by atoms with Gasteiger partial charge in [0.1, 0.15) is 0 Å². The van der Waals surface area contributed by atoms with Crippen LogP contribution in [0.5, 0.6) is 0 Å². The third-order valence-corrected chi connectivity index (χ3v) is 2.37. The maximum atomic E-state index is 10.8. The van der Waals surface area contributed by atoms with Gasteiger partial charge in [0.05, 0.1) is 6.54 Å². The summed E-state index contributed by atoms with van der Waals surface area (Å²) in [5.41, 5.74) is -0.00679. The second-order valence-electron chi connectivity index (χ2n) is 3.61. The monoisotopic (exact) mass is 217 g/mol. The Bertz CT molecular complexity index is 449. The molecule has 5 nitrogen and oxygen atoms in total. The van der Waals surface area contributed by atoms with Gasteiger partial charge in [0.15, 0.2) is 5.69 Å². The number of aromatic nitrogens is 2. The Labute approximate surface area is 93.1 Å². The lowest BCUT2D eigenvalue weighted by molar-refractivity contribution is 0.0690. The first-order valence-corrected chi connectivity index (χ1v) is 4.99. The summed E-state index contributed by atoms with van der Waals surface area (Å²) in [6.07, 6.45) is 8.82. The Morgan fingerprint density at radius 1 is 1.69 bits per heavy atom. The molecule has 0 saturated heterocycles. The highest BCUT2D eigenvalue weighted by molar-refractivity contribution is 5.85. The van der Waals surface area contributed by atoms with Gasteiger partial charge in [0.2, 0.25) is 5.95 Å². The number of carboxylic acid groups (broad SMARTS) is 1. The van der Waals surface area contributed by atoms with Crippen molar-refractivity contribution in [3.8, 4) is 12.3 Å². The fourth-order valence-corrected chi connectivity index (χ4v) is 1.45. The van der Waals surface area contributed by atoms with Crippen LogP contribution in [0.3, 0.4) is 0 Å². The van der Waals surface area contributed by atoms with Gasteiger partial charge in [-0.25, -0.2) is 14.8 Å². The maximum Gasteiger partial charge on any atom is 0.354 e. The lowest BCUT2D eigenvalue weighted by atomic mass is 10.4. The summed E-state index contributed by atoms with van der Waals surface area (Å²) in [6, 6.07) is 1.73. The molecule has 1 aliphatic rings.